The minimum atomic E-state index is -0.795. The van der Waals surface area contributed by atoms with E-state index in [-0.39, 0.29) is 0 Å². The molecule has 2 N–H and O–H groups in total. The molecule has 0 radical (unpaired) electrons. The second-order valence-corrected chi connectivity index (χ2v) is 5.40. The van der Waals surface area contributed by atoms with Gasteiger partial charge in [0.25, 0.3) is 0 Å². The number of carboxylic acid groups (broad SMARTS) is 1. The maximum Gasteiger partial charge on any atom is 0.331 e. The van der Waals surface area contributed by atoms with E-state index in [4.69, 9.17) is 5.11 Å². The SMILES string of the molecule is CCC(=CCNC1CCC(C)(C)C1)C(=O)O. The smallest absolute Gasteiger partial charge is 0.331 e. The normalized spacial score (nSPS) is 24.7. The molecule has 92 valence electrons. The van der Waals surface area contributed by atoms with Crippen LogP contribution in [0.4, 0.5) is 0 Å². The Balaban J connectivity index is 2.33. The fourth-order valence-corrected chi connectivity index (χ4v) is 2.34. The molecule has 0 aromatic rings. The standard InChI is InChI=1S/C13H23NO2/c1-4-10(12(15)16)6-8-14-11-5-7-13(2,3)9-11/h6,11,14H,4-5,7-9H2,1-3H3,(H,15,16). The molecule has 1 rings (SSSR count). The Hall–Kier alpha value is -0.830. The molecule has 3 nitrogen and oxygen atoms in total. The summed E-state index contributed by atoms with van der Waals surface area (Å²) in [7, 11) is 0. The van der Waals surface area contributed by atoms with Crippen LogP contribution in [0, 0.1) is 5.41 Å². The average molecular weight is 225 g/mol. The van der Waals surface area contributed by atoms with Crippen molar-refractivity contribution < 1.29 is 9.90 Å². The Morgan fingerprint density at radius 2 is 2.25 bits per heavy atom. The van der Waals surface area contributed by atoms with E-state index in [1.807, 2.05) is 6.92 Å². The molecule has 0 spiro atoms. The summed E-state index contributed by atoms with van der Waals surface area (Å²) in [6, 6.07) is 0.554. The molecule has 1 unspecified atom stereocenters. The zero-order chi connectivity index (χ0) is 12.2. The first-order valence-corrected chi connectivity index (χ1v) is 6.10. The molecule has 0 saturated heterocycles. The summed E-state index contributed by atoms with van der Waals surface area (Å²) < 4.78 is 0. The Morgan fingerprint density at radius 1 is 1.56 bits per heavy atom. The molecule has 1 aliphatic rings. The fourth-order valence-electron chi connectivity index (χ4n) is 2.34. The van der Waals surface area contributed by atoms with Gasteiger partial charge < -0.3 is 10.4 Å². The molecule has 1 aliphatic carbocycles. The summed E-state index contributed by atoms with van der Waals surface area (Å²) in [5.74, 6) is -0.795. The summed E-state index contributed by atoms with van der Waals surface area (Å²) in [6.45, 7) is 7.13. The molecule has 1 atom stereocenters. The second-order valence-electron chi connectivity index (χ2n) is 5.40. The van der Waals surface area contributed by atoms with Gasteiger partial charge in [0.15, 0.2) is 0 Å². The van der Waals surface area contributed by atoms with Gasteiger partial charge in [-0.15, -0.1) is 0 Å². The van der Waals surface area contributed by atoms with Gasteiger partial charge in [0.05, 0.1) is 0 Å². The predicted octanol–water partition coefficient (Wildman–Crippen LogP) is 2.58. The molecule has 0 bridgehead atoms. The molecule has 1 fully saturated rings. The van der Waals surface area contributed by atoms with Crippen LogP contribution in [0.2, 0.25) is 0 Å². The maximum absolute atomic E-state index is 10.8. The number of hydrogen-bond donors (Lipinski definition) is 2. The number of nitrogens with one attached hydrogen (secondary N) is 1. The largest absolute Gasteiger partial charge is 0.478 e. The number of hydrogen-bond acceptors (Lipinski definition) is 2. The first-order valence-electron chi connectivity index (χ1n) is 6.10. The van der Waals surface area contributed by atoms with Crippen LogP contribution in [-0.2, 0) is 4.79 Å². The first-order chi connectivity index (χ1) is 7.44. The van der Waals surface area contributed by atoms with Gasteiger partial charge in [0.2, 0.25) is 0 Å². The van der Waals surface area contributed by atoms with E-state index in [1.54, 1.807) is 6.08 Å². The lowest BCUT2D eigenvalue weighted by Crippen LogP contribution is -2.27. The van der Waals surface area contributed by atoms with E-state index in [9.17, 15) is 4.79 Å². The van der Waals surface area contributed by atoms with Gasteiger partial charge in [-0.05, 0) is 31.1 Å². The molecular weight excluding hydrogens is 202 g/mol. The third-order valence-corrected chi connectivity index (χ3v) is 3.38. The van der Waals surface area contributed by atoms with Crippen molar-refractivity contribution in [2.45, 2.75) is 52.5 Å². The van der Waals surface area contributed by atoms with Crippen LogP contribution in [0.15, 0.2) is 11.6 Å². The highest BCUT2D eigenvalue weighted by atomic mass is 16.4. The monoisotopic (exact) mass is 225 g/mol. The lowest BCUT2D eigenvalue weighted by Gasteiger charge is -2.17. The predicted molar refractivity (Wildman–Crippen MR) is 65.4 cm³/mol. The number of carboxylic acids is 1. The first kappa shape index (κ1) is 13.2. The van der Waals surface area contributed by atoms with Gasteiger partial charge in [0, 0.05) is 18.2 Å². The van der Waals surface area contributed by atoms with Crippen LogP contribution in [0.25, 0.3) is 0 Å². The van der Waals surface area contributed by atoms with Crippen molar-refractivity contribution in [2.75, 3.05) is 6.54 Å². The van der Waals surface area contributed by atoms with Gasteiger partial charge in [-0.1, -0.05) is 26.8 Å². The molecule has 16 heavy (non-hydrogen) atoms. The highest BCUT2D eigenvalue weighted by molar-refractivity contribution is 5.86. The van der Waals surface area contributed by atoms with Crippen LogP contribution < -0.4 is 5.32 Å². The average Bonchev–Trinajstić information content (AvgIpc) is 2.52. The molecule has 0 heterocycles. The third-order valence-electron chi connectivity index (χ3n) is 3.38. The molecule has 0 amide bonds. The lowest BCUT2D eigenvalue weighted by molar-refractivity contribution is -0.132. The molecule has 1 saturated carbocycles. The highest BCUT2D eigenvalue weighted by Crippen LogP contribution is 2.36. The number of rotatable bonds is 5. The minimum absolute atomic E-state index is 0.446. The van der Waals surface area contributed by atoms with E-state index in [1.165, 1.54) is 19.3 Å². The summed E-state index contributed by atoms with van der Waals surface area (Å²) in [5, 5.41) is 12.3. The summed E-state index contributed by atoms with van der Waals surface area (Å²) >= 11 is 0. The van der Waals surface area contributed by atoms with Crippen molar-refractivity contribution in [1.29, 1.82) is 0 Å². The van der Waals surface area contributed by atoms with Crippen LogP contribution in [-0.4, -0.2) is 23.7 Å². The fraction of sp³-hybridized carbons (Fsp3) is 0.769. The van der Waals surface area contributed by atoms with Crippen molar-refractivity contribution in [1.82, 2.24) is 5.32 Å². The number of aliphatic carboxylic acids is 1. The van der Waals surface area contributed by atoms with Crippen LogP contribution in [0.5, 0.6) is 0 Å². The molecule has 3 heteroatoms. The van der Waals surface area contributed by atoms with Gasteiger partial charge >= 0.3 is 5.97 Å². The topological polar surface area (TPSA) is 49.3 Å². The van der Waals surface area contributed by atoms with Crippen molar-refractivity contribution in [3.63, 3.8) is 0 Å². The maximum atomic E-state index is 10.8. The minimum Gasteiger partial charge on any atom is -0.478 e. The Kier molecular flexibility index (Phi) is 4.54. The second kappa shape index (κ2) is 5.48. The summed E-state index contributed by atoms with van der Waals surface area (Å²) in [5.41, 5.74) is 0.951. The van der Waals surface area contributed by atoms with E-state index in [2.05, 4.69) is 19.2 Å². The Bertz CT molecular complexity index is 282. The van der Waals surface area contributed by atoms with Crippen molar-refractivity contribution in [3.05, 3.63) is 11.6 Å². The molecule has 0 aromatic heterocycles. The van der Waals surface area contributed by atoms with Crippen LogP contribution in [0.3, 0.4) is 0 Å². The molecular formula is C13H23NO2. The van der Waals surface area contributed by atoms with Crippen LogP contribution >= 0.6 is 0 Å². The lowest BCUT2D eigenvalue weighted by atomic mass is 9.92. The molecule has 0 aromatic carbocycles. The van der Waals surface area contributed by atoms with Crippen LogP contribution in [0.1, 0.15) is 46.5 Å². The van der Waals surface area contributed by atoms with E-state index in [0.717, 1.165) is 0 Å². The third kappa shape index (κ3) is 3.97. The van der Waals surface area contributed by atoms with Crippen molar-refractivity contribution >= 4 is 5.97 Å². The van der Waals surface area contributed by atoms with Gasteiger partial charge in [-0.3, -0.25) is 0 Å². The van der Waals surface area contributed by atoms with Gasteiger partial charge in [-0.25, -0.2) is 4.79 Å². The Labute approximate surface area is 97.9 Å². The quantitative estimate of drug-likeness (QED) is 0.707. The van der Waals surface area contributed by atoms with E-state index in [0.29, 0.717) is 30.0 Å². The van der Waals surface area contributed by atoms with Gasteiger partial charge in [-0.2, -0.15) is 0 Å². The van der Waals surface area contributed by atoms with Gasteiger partial charge in [0.1, 0.15) is 0 Å². The zero-order valence-electron chi connectivity index (χ0n) is 10.5. The van der Waals surface area contributed by atoms with Crippen molar-refractivity contribution in [3.8, 4) is 0 Å². The van der Waals surface area contributed by atoms with E-state index >= 15 is 0 Å². The van der Waals surface area contributed by atoms with E-state index < -0.39 is 5.97 Å². The molecule has 0 aliphatic heterocycles. The Morgan fingerprint density at radius 3 is 2.69 bits per heavy atom. The summed E-state index contributed by atoms with van der Waals surface area (Å²) in [4.78, 5) is 10.8. The zero-order valence-corrected chi connectivity index (χ0v) is 10.5. The number of carbonyl (C=O) groups is 1. The van der Waals surface area contributed by atoms with Crippen molar-refractivity contribution in [2.24, 2.45) is 5.41 Å². The summed E-state index contributed by atoms with van der Waals surface area (Å²) in [6.07, 6.45) is 6.04. The highest BCUT2D eigenvalue weighted by Gasteiger charge is 2.30.